The highest BCUT2D eigenvalue weighted by molar-refractivity contribution is 6.30. The van der Waals surface area contributed by atoms with Crippen LogP contribution in [0.5, 0.6) is 5.75 Å². The quantitative estimate of drug-likeness (QED) is 0.876. The van der Waals surface area contributed by atoms with Crippen LogP contribution in [0.15, 0.2) is 54.6 Å². The second-order valence-electron chi connectivity index (χ2n) is 4.76. The zero-order valence-electron chi connectivity index (χ0n) is 11.9. The van der Waals surface area contributed by atoms with Gasteiger partial charge in [-0.2, -0.15) is 0 Å². The Hall–Kier alpha value is -2.00. The summed E-state index contributed by atoms with van der Waals surface area (Å²) in [5, 5.41) is 3.60. The van der Waals surface area contributed by atoms with E-state index in [0.717, 1.165) is 11.3 Å². The summed E-state index contributed by atoms with van der Waals surface area (Å²) >= 11 is 5.94. The Morgan fingerprint density at radius 2 is 1.95 bits per heavy atom. The van der Waals surface area contributed by atoms with Gasteiger partial charge in [0, 0.05) is 5.02 Å². The first-order valence-corrected chi connectivity index (χ1v) is 7.25. The Labute approximate surface area is 129 Å². The minimum atomic E-state index is -0.0760. The van der Waals surface area contributed by atoms with E-state index in [-0.39, 0.29) is 11.9 Å². The van der Waals surface area contributed by atoms with Gasteiger partial charge in [0.25, 0.3) is 0 Å². The average molecular weight is 304 g/mol. The van der Waals surface area contributed by atoms with Crippen molar-refractivity contribution < 1.29 is 9.53 Å². The third kappa shape index (κ3) is 5.12. The Morgan fingerprint density at radius 3 is 2.67 bits per heavy atom. The molecule has 0 spiro atoms. The van der Waals surface area contributed by atoms with Gasteiger partial charge in [-0.25, -0.2) is 0 Å². The van der Waals surface area contributed by atoms with E-state index in [1.807, 2.05) is 61.5 Å². The van der Waals surface area contributed by atoms with E-state index in [4.69, 9.17) is 16.3 Å². The van der Waals surface area contributed by atoms with Crippen LogP contribution in [0.2, 0.25) is 5.02 Å². The number of rotatable bonds is 6. The smallest absolute Gasteiger partial charge is 0.223 e. The second kappa shape index (κ2) is 7.70. The Bertz CT molecular complexity index is 586. The molecule has 1 atom stereocenters. The summed E-state index contributed by atoms with van der Waals surface area (Å²) < 4.78 is 5.50. The van der Waals surface area contributed by atoms with E-state index in [1.54, 1.807) is 0 Å². The van der Waals surface area contributed by atoms with Crippen LogP contribution >= 0.6 is 11.6 Å². The van der Waals surface area contributed by atoms with Crippen molar-refractivity contribution in [2.45, 2.75) is 19.4 Å². The maximum atomic E-state index is 11.9. The molecule has 1 N–H and O–H groups in total. The summed E-state index contributed by atoms with van der Waals surface area (Å²) in [6.07, 6.45) is 0.319. The number of ether oxygens (including phenoxy) is 1. The summed E-state index contributed by atoms with van der Waals surface area (Å²) in [7, 11) is 0. The van der Waals surface area contributed by atoms with E-state index >= 15 is 0 Å². The van der Waals surface area contributed by atoms with E-state index in [0.29, 0.717) is 18.1 Å². The number of hydrogen-bond acceptors (Lipinski definition) is 2. The number of carbonyl (C=O) groups excluding carboxylic acids is 1. The third-order valence-electron chi connectivity index (χ3n) is 3.07. The zero-order valence-corrected chi connectivity index (χ0v) is 12.6. The highest BCUT2D eigenvalue weighted by Gasteiger charge is 2.09. The van der Waals surface area contributed by atoms with Crippen LogP contribution in [0.3, 0.4) is 0 Å². The van der Waals surface area contributed by atoms with Crippen LogP contribution in [0.1, 0.15) is 24.9 Å². The minimum Gasteiger partial charge on any atom is -0.493 e. The number of benzene rings is 2. The molecule has 2 aromatic carbocycles. The number of nitrogens with one attached hydrogen (secondary N) is 1. The SMILES string of the molecule is CC(NC(=O)CCOc1ccccc1)c1cccc(Cl)c1. The predicted octanol–water partition coefficient (Wildman–Crippen LogP) is 3.99. The molecule has 0 saturated carbocycles. The summed E-state index contributed by atoms with van der Waals surface area (Å²) in [5.74, 6) is 0.728. The molecule has 4 heteroatoms. The average Bonchev–Trinajstić information content (AvgIpc) is 2.48. The lowest BCUT2D eigenvalue weighted by molar-refractivity contribution is -0.122. The first-order chi connectivity index (χ1) is 10.1. The molecule has 0 aromatic heterocycles. The van der Waals surface area contributed by atoms with Crippen molar-refractivity contribution in [3.05, 3.63) is 65.2 Å². The Morgan fingerprint density at radius 1 is 1.19 bits per heavy atom. The molecule has 0 radical (unpaired) electrons. The van der Waals surface area contributed by atoms with Crippen LogP contribution in [0.25, 0.3) is 0 Å². The second-order valence-corrected chi connectivity index (χ2v) is 5.19. The molecule has 0 aliphatic rings. The zero-order chi connectivity index (χ0) is 15.1. The fraction of sp³-hybridized carbons (Fsp3) is 0.235. The van der Waals surface area contributed by atoms with E-state index < -0.39 is 0 Å². The summed E-state index contributed by atoms with van der Waals surface area (Å²) in [6.45, 7) is 2.29. The summed E-state index contributed by atoms with van der Waals surface area (Å²) in [6, 6.07) is 16.9. The molecule has 0 heterocycles. The fourth-order valence-corrected chi connectivity index (χ4v) is 2.15. The van der Waals surface area contributed by atoms with Gasteiger partial charge in [-0.1, -0.05) is 41.9 Å². The molecule has 110 valence electrons. The fourth-order valence-electron chi connectivity index (χ4n) is 1.95. The van der Waals surface area contributed by atoms with Gasteiger partial charge < -0.3 is 10.1 Å². The molecule has 1 unspecified atom stereocenters. The number of para-hydroxylation sites is 1. The number of halogens is 1. The van der Waals surface area contributed by atoms with Gasteiger partial charge in [-0.05, 0) is 36.8 Å². The van der Waals surface area contributed by atoms with Crippen molar-refractivity contribution in [3.8, 4) is 5.75 Å². The molecule has 2 aromatic rings. The van der Waals surface area contributed by atoms with Crippen LogP contribution in [-0.2, 0) is 4.79 Å². The lowest BCUT2D eigenvalue weighted by atomic mass is 10.1. The van der Waals surface area contributed by atoms with Crippen LogP contribution in [-0.4, -0.2) is 12.5 Å². The van der Waals surface area contributed by atoms with Crippen molar-refractivity contribution in [1.29, 1.82) is 0 Å². The van der Waals surface area contributed by atoms with Gasteiger partial charge in [-0.15, -0.1) is 0 Å². The summed E-state index contributed by atoms with van der Waals surface area (Å²) in [5.41, 5.74) is 0.986. The van der Waals surface area contributed by atoms with Gasteiger partial charge in [0.2, 0.25) is 5.91 Å². The monoisotopic (exact) mass is 303 g/mol. The molecule has 1 amide bonds. The van der Waals surface area contributed by atoms with Crippen molar-refractivity contribution in [2.75, 3.05) is 6.61 Å². The number of hydrogen-bond donors (Lipinski definition) is 1. The number of carbonyl (C=O) groups is 1. The van der Waals surface area contributed by atoms with Gasteiger partial charge in [-0.3, -0.25) is 4.79 Å². The van der Waals surface area contributed by atoms with Gasteiger partial charge >= 0.3 is 0 Å². The predicted molar refractivity (Wildman–Crippen MR) is 84.6 cm³/mol. The Balaban J connectivity index is 1.76. The van der Waals surface area contributed by atoms with Gasteiger partial charge in [0.1, 0.15) is 5.75 Å². The molecular weight excluding hydrogens is 286 g/mol. The molecule has 0 fully saturated rings. The topological polar surface area (TPSA) is 38.3 Å². The van der Waals surface area contributed by atoms with Gasteiger partial charge in [0.05, 0.1) is 19.1 Å². The third-order valence-corrected chi connectivity index (χ3v) is 3.30. The van der Waals surface area contributed by atoms with Crippen molar-refractivity contribution >= 4 is 17.5 Å². The maximum absolute atomic E-state index is 11.9. The standard InChI is InChI=1S/C17H18ClNO2/c1-13(14-6-5-7-15(18)12-14)19-17(20)10-11-21-16-8-3-2-4-9-16/h2-9,12-13H,10-11H2,1H3,(H,19,20). The lowest BCUT2D eigenvalue weighted by Gasteiger charge is -2.14. The van der Waals surface area contributed by atoms with Crippen LogP contribution in [0, 0.1) is 0 Å². The molecule has 0 aliphatic carbocycles. The highest BCUT2D eigenvalue weighted by Crippen LogP contribution is 2.17. The van der Waals surface area contributed by atoms with Crippen molar-refractivity contribution in [2.24, 2.45) is 0 Å². The number of amides is 1. The van der Waals surface area contributed by atoms with Crippen molar-refractivity contribution in [1.82, 2.24) is 5.32 Å². The maximum Gasteiger partial charge on any atom is 0.223 e. The van der Waals surface area contributed by atoms with E-state index in [1.165, 1.54) is 0 Å². The molecule has 3 nitrogen and oxygen atoms in total. The lowest BCUT2D eigenvalue weighted by Crippen LogP contribution is -2.27. The van der Waals surface area contributed by atoms with Crippen LogP contribution in [0.4, 0.5) is 0 Å². The van der Waals surface area contributed by atoms with Crippen LogP contribution < -0.4 is 10.1 Å². The first-order valence-electron chi connectivity index (χ1n) is 6.88. The molecular formula is C17H18ClNO2. The normalized spacial score (nSPS) is 11.7. The molecule has 21 heavy (non-hydrogen) atoms. The van der Waals surface area contributed by atoms with Crippen molar-refractivity contribution in [3.63, 3.8) is 0 Å². The minimum absolute atomic E-state index is 0.0431. The highest BCUT2D eigenvalue weighted by atomic mass is 35.5. The Kier molecular flexibility index (Phi) is 5.64. The first kappa shape index (κ1) is 15.4. The molecule has 0 aliphatic heterocycles. The molecule has 0 bridgehead atoms. The van der Waals surface area contributed by atoms with E-state index in [2.05, 4.69) is 5.32 Å². The van der Waals surface area contributed by atoms with E-state index in [9.17, 15) is 4.79 Å². The largest absolute Gasteiger partial charge is 0.493 e. The molecule has 2 rings (SSSR count). The van der Waals surface area contributed by atoms with Gasteiger partial charge in [0.15, 0.2) is 0 Å². The molecule has 0 saturated heterocycles. The summed E-state index contributed by atoms with van der Waals surface area (Å²) in [4.78, 5) is 11.9.